The van der Waals surface area contributed by atoms with E-state index in [0.29, 0.717) is 5.88 Å². The molecule has 0 spiro atoms. The molecule has 0 saturated carbocycles. The zero-order valence-electron chi connectivity index (χ0n) is 8.77. The fourth-order valence-electron chi connectivity index (χ4n) is 1.36. The van der Waals surface area contributed by atoms with Crippen molar-refractivity contribution in [3.63, 3.8) is 0 Å². The molecule has 0 radical (unpaired) electrons. The summed E-state index contributed by atoms with van der Waals surface area (Å²) < 4.78 is 5.07. The molecule has 2 rings (SSSR count). The first kappa shape index (κ1) is 9.65. The smallest absolute Gasteiger partial charge is 0.213 e. The maximum atomic E-state index is 5.07. The van der Waals surface area contributed by atoms with Crippen molar-refractivity contribution in [2.45, 2.75) is 6.92 Å². The Labute approximate surface area is 88.8 Å². The Morgan fingerprint density at radius 1 is 0.933 bits per heavy atom. The fourth-order valence-corrected chi connectivity index (χ4v) is 1.36. The van der Waals surface area contributed by atoms with Gasteiger partial charge in [-0.3, -0.25) is 4.98 Å². The van der Waals surface area contributed by atoms with E-state index in [1.54, 1.807) is 7.11 Å². The number of ether oxygens (including phenoxy) is 1. The third kappa shape index (κ3) is 2.13. The molecular formula is C12H12N2O. The predicted molar refractivity (Wildman–Crippen MR) is 58.8 cm³/mol. The van der Waals surface area contributed by atoms with E-state index >= 15 is 0 Å². The van der Waals surface area contributed by atoms with E-state index in [-0.39, 0.29) is 0 Å². The molecule has 0 fully saturated rings. The first-order chi connectivity index (χ1) is 7.29. The molecular weight excluding hydrogens is 188 g/mol. The lowest BCUT2D eigenvalue weighted by molar-refractivity contribution is 0.398. The van der Waals surface area contributed by atoms with Gasteiger partial charge in [-0.1, -0.05) is 12.1 Å². The van der Waals surface area contributed by atoms with Crippen LogP contribution in [0.2, 0.25) is 0 Å². The van der Waals surface area contributed by atoms with Crippen LogP contribution in [-0.4, -0.2) is 17.1 Å². The molecule has 15 heavy (non-hydrogen) atoms. The Kier molecular flexibility index (Phi) is 2.63. The van der Waals surface area contributed by atoms with Crippen molar-refractivity contribution in [3.05, 3.63) is 42.1 Å². The van der Waals surface area contributed by atoms with Gasteiger partial charge in [-0.15, -0.1) is 0 Å². The molecule has 0 aliphatic rings. The number of nitrogens with zero attached hydrogens (tertiary/aromatic N) is 2. The summed E-state index contributed by atoms with van der Waals surface area (Å²) in [6.07, 6.45) is 0. The summed E-state index contributed by atoms with van der Waals surface area (Å²) in [6.45, 7) is 1.96. The van der Waals surface area contributed by atoms with Crippen LogP contribution >= 0.6 is 0 Å². The molecule has 3 heteroatoms. The SMILES string of the molecule is COc1cccc(-c2cccc(C)n2)n1. The second-order valence-electron chi connectivity index (χ2n) is 3.23. The van der Waals surface area contributed by atoms with E-state index in [4.69, 9.17) is 4.74 Å². The number of rotatable bonds is 2. The van der Waals surface area contributed by atoms with Crippen LogP contribution in [0.15, 0.2) is 36.4 Å². The summed E-state index contributed by atoms with van der Waals surface area (Å²) in [5.74, 6) is 0.607. The highest BCUT2D eigenvalue weighted by atomic mass is 16.5. The first-order valence-corrected chi connectivity index (χ1v) is 4.74. The van der Waals surface area contributed by atoms with Crippen LogP contribution in [0.5, 0.6) is 5.88 Å². The van der Waals surface area contributed by atoms with E-state index in [1.807, 2.05) is 43.3 Å². The summed E-state index contributed by atoms with van der Waals surface area (Å²) in [4.78, 5) is 8.72. The number of aryl methyl sites for hydroxylation is 1. The zero-order chi connectivity index (χ0) is 10.7. The molecule has 3 nitrogen and oxygen atoms in total. The van der Waals surface area contributed by atoms with Gasteiger partial charge in [0, 0.05) is 11.8 Å². The van der Waals surface area contributed by atoms with E-state index in [0.717, 1.165) is 17.1 Å². The topological polar surface area (TPSA) is 35.0 Å². The van der Waals surface area contributed by atoms with Gasteiger partial charge in [0.1, 0.15) is 0 Å². The van der Waals surface area contributed by atoms with Crippen LogP contribution < -0.4 is 4.74 Å². The van der Waals surface area contributed by atoms with Gasteiger partial charge in [-0.25, -0.2) is 4.98 Å². The van der Waals surface area contributed by atoms with Crippen molar-refractivity contribution in [3.8, 4) is 17.3 Å². The summed E-state index contributed by atoms with van der Waals surface area (Å²) >= 11 is 0. The highest BCUT2D eigenvalue weighted by molar-refractivity contribution is 5.54. The third-order valence-electron chi connectivity index (χ3n) is 2.08. The van der Waals surface area contributed by atoms with E-state index < -0.39 is 0 Å². The van der Waals surface area contributed by atoms with Gasteiger partial charge in [0.15, 0.2) is 0 Å². The molecule has 0 aromatic carbocycles. The molecule has 0 aliphatic heterocycles. The highest BCUT2D eigenvalue weighted by Gasteiger charge is 2.01. The summed E-state index contributed by atoms with van der Waals surface area (Å²) in [6, 6.07) is 11.5. The lowest BCUT2D eigenvalue weighted by Gasteiger charge is -2.03. The van der Waals surface area contributed by atoms with Crippen LogP contribution in [0.3, 0.4) is 0 Å². The summed E-state index contributed by atoms with van der Waals surface area (Å²) in [7, 11) is 1.61. The van der Waals surface area contributed by atoms with Crippen LogP contribution in [0.1, 0.15) is 5.69 Å². The van der Waals surface area contributed by atoms with Gasteiger partial charge >= 0.3 is 0 Å². The van der Waals surface area contributed by atoms with Crippen molar-refractivity contribution in [2.24, 2.45) is 0 Å². The fraction of sp³-hybridized carbons (Fsp3) is 0.167. The van der Waals surface area contributed by atoms with Crippen molar-refractivity contribution in [1.82, 2.24) is 9.97 Å². The molecule has 0 saturated heterocycles. The summed E-state index contributed by atoms with van der Waals surface area (Å²) in [5, 5.41) is 0. The van der Waals surface area contributed by atoms with Crippen molar-refractivity contribution in [1.29, 1.82) is 0 Å². The molecule has 2 aromatic heterocycles. The minimum Gasteiger partial charge on any atom is -0.481 e. The molecule has 0 amide bonds. The zero-order valence-corrected chi connectivity index (χ0v) is 8.77. The monoisotopic (exact) mass is 200 g/mol. The van der Waals surface area contributed by atoms with Crippen molar-refractivity contribution < 1.29 is 4.74 Å². The molecule has 0 unspecified atom stereocenters. The molecule has 0 atom stereocenters. The largest absolute Gasteiger partial charge is 0.481 e. The van der Waals surface area contributed by atoms with Crippen LogP contribution in [0.4, 0.5) is 0 Å². The number of aromatic nitrogens is 2. The minimum atomic E-state index is 0.607. The highest BCUT2D eigenvalue weighted by Crippen LogP contribution is 2.17. The molecule has 2 heterocycles. The predicted octanol–water partition coefficient (Wildman–Crippen LogP) is 2.46. The van der Waals surface area contributed by atoms with Gasteiger partial charge in [0.25, 0.3) is 0 Å². The van der Waals surface area contributed by atoms with Gasteiger partial charge in [-0.2, -0.15) is 0 Å². The average molecular weight is 200 g/mol. The maximum Gasteiger partial charge on any atom is 0.213 e. The van der Waals surface area contributed by atoms with E-state index in [9.17, 15) is 0 Å². The second-order valence-corrected chi connectivity index (χ2v) is 3.23. The molecule has 0 bridgehead atoms. The Morgan fingerprint density at radius 2 is 1.60 bits per heavy atom. The Bertz CT molecular complexity index is 469. The van der Waals surface area contributed by atoms with E-state index in [1.165, 1.54) is 0 Å². The summed E-state index contributed by atoms with van der Waals surface area (Å²) in [5.41, 5.74) is 2.68. The number of hydrogen-bond donors (Lipinski definition) is 0. The maximum absolute atomic E-state index is 5.07. The Balaban J connectivity index is 2.44. The molecule has 76 valence electrons. The van der Waals surface area contributed by atoms with Crippen molar-refractivity contribution >= 4 is 0 Å². The van der Waals surface area contributed by atoms with Crippen molar-refractivity contribution in [2.75, 3.05) is 7.11 Å². The average Bonchev–Trinajstić information content (AvgIpc) is 2.29. The molecule has 0 aliphatic carbocycles. The Morgan fingerprint density at radius 3 is 2.27 bits per heavy atom. The molecule has 0 N–H and O–H groups in total. The lowest BCUT2D eigenvalue weighted by atomic mass is 10.2. The van der Waals surface area contributed by atoms with E-state index in [2.05, 4.69) is 9.97 Å². The number of methoxy groups -OCH3 is 1. The van der Waals surface area contributed by atoms with Gasteiger partial charge in [0.2, 0.25) is 5.88 Å². The normalized spacial score (nSPS) is 10.0. The second kappa shape index (κ2) is 4.09. The number of hydrogen-bond acceptors (Lipinski definition) is 3. The quantitative estimate of drug-likeness (QED) is 0.747. The lowest BCUT2D eigenvalue weighted by Crippen LogP contribution is -1.92. The first-order valence-electron chi connectivity index (χ1n) is 4.74. The van der Waals surface area contributed by atoms with Crippen LogP contribution in [0.25, 0.3) is 11.4 Å². The minimum absolute atomic E-state index is 0.607. The number of pyridine rings is 2. The van der Waals surface area contributed by atoms with Crippen LogP contribution in [-0.2, 0) is 0 Å². The van der Waals surface area contributed by atoms with Gasteiger partial charge in [-0.05, 0) is 25.1 Å². The van der Waals surface area contributed by atoms with Crippen LogP contribution in [0, 0.1) is 6.92 Å². The van der Waals surface area contributed by atoms with Gasteiger partial charge in [0.05, 0.1) is 18.5 Å². The molecule has 2 aromatic rings. The standard InChI is InChI=1S/C12H12N2O/c1-9-5-3-6-10(13-9)11-7-4-8-12(14-11)15-2/h3-8H,1-2H3. The Hall–Kier alpha value is -1.90. The van der Waals surface area contributed by atoms with Gasteiger partial charge < -0.3 is 4.74 Å². The third-order valence-corrected chi connectivity index (χ3v) is 2.08.